The van der Waals surface area contributed by atoms with Gasteiger partial charge in [-0.15, -0.1) is 0 Å². The van der Waals surface area contributed by atoms with Crippen molar-refractivity contribution in [2.24, 2.45) is 5.16 Å². The van der Waals surface area contributed by atoms with Crippen molar-refractivity contribution in [3.05, 3.63) is 0 Å². The summed E-state index contributed by atoms with van der Waals surface area (Å²) in [4.78, 5) is 44.0. The second kappa shape index (κ2) is 4.11. The zero-order chi connectivity index (χ0) is 14.4. The summed E-state index contributed by atoms with van der Waals surface area (Å²) in [5.74, 6) is -1.61. The molecule has 1 saturated heterocycles. The van der Waals surface area contributed by atoms with Crippen LogP contribution in [0, 0.1) is 0 Å². The lowest BCUT2D eigenvalue weighted by molar-refractivity contribution is -0.186. The fourth-order valence-corrected chi connectivity index (χ4v) is 1.92. The number of likely N-dealkylation sites (N-methyl/N-ethyl adjacent to an activating group) is 3. The molecule has 9 nitrogen and oxygen atoms in total. The van der Waals surface area contributed by atoms with Crippen LogP contribution in [-0.4, -0.2) is 72.0 Å². The predicted octanol–water partition coefficient (Wildman–Crippen LogP) is -0.997. The van der Waals surface area contributed by atoms with E-state index in [1.807, 2.05) is 0 Å². The van der Waals surface area contributed by atoms with Crippen LogP contribution in [0.15, 0.2) is 5.16 Å². The molecule has 1 fully saturated rings. The molecule has 0 unspecified atom stereocenters. The minimum atomic E-state index is -2.00. The molecule has 0 aliphatic carbocycles. The standard InChI is InChI=1S/C10H14N4O5/c1-5-18-8-11-19-10(14(8)4)6(15)12(2)9(17)13(3)7(10)16/h5H2,1-4H3. The Morgan fingerprint density at radius 2 is 1.68 bits per heavy atom. The van der Waals surface area contributed by atoms with E-state index in [2.05, 4.69) is 5.16 Å². The summed E-state index contributed by atoms with van der Waals surface area (Å²) in [6.45, 7) is 2.03. The Hall–Kier alpha value is -2.32. The molecule has 0 aromatic heterocycles. The van der Waals surface area contributed by atoms with E-state index in [1.54, 1.807) is 6.92 Å². The van der Waals surface area contributed by atoms with Crippen LogP contribution in [0.25, 0.3) is 0 Å². The highest BCUT2D eigenvalue weighted by Crippen LogP contribution is 2.31. The number of rotatable bonds is 1. The molecule has 0 atom stereocenters. The minimum Gasteiger partial charge on any atom is -0.463 e. The van der Waals surface area contributed by atoms with Crippen LogP contribution in [0.1, 0.15) is 6.92 Å². The monoisotopic (exact) mass is 270 g/mol. The third kappa shape index (κ3) is 1.47. The Morgan fingerprint density at radius 1 is 1.16 bits per heavy atom. The van der Waals surface area contributed by atoms with Gasteiger partial charge in [-0.05, 0) is 12.1 Å². The number of amidine groups is 1. The molecular formula is C10H14N4O5. The lowest BCUT2D eigenvalue weighted by Crippen LogP contribution is -2.72. The van der Waals surface area contributed by atoms with E-state index >= 15 is 0 Å². The van der Waals surface area contributed by atoms with E-state index < -0.39 is 23.6 Å². The van der Waals surface area contributed by atoms with Gasteiger partial charge in [0.15, 0.2) is 0 Å². The molecule has 104 valence electrons. The van der Waals surface area contributed by atoms with Crippen LogP contribution >= 0.6 is 0 Å². The number of oxime groups is 1. The van der Waals surface area contributed by atoms with Gasteiger partial charge >= 0.3 is 29.6 Å². The lowest BCUT2D eigenvalue weighted by atomic mass is 10.1. The molecule has 0 saturated carbocycles. The second-order valence-corrected chi connectivity index (χ2v) is 4.11. The van der Waals surface area contributed by atoms with Gasteiger partial charge in [0.05, 0.1) is 6.61 Å². The predicted molar refractivity (Wildman–Crippen MR) is 61.6 cm³/mol. The van der Waals surface area contributed by atoms with Crippen LogP contribution in [0.3, 0.4) is 0 Å². The van der Waals surface area contributed by atoms with E-state index in [-0.39, 0.29) is 6.02 Å². The number of imide groups is 2. The molecule has 2 rings (SSSR count). The zero-order valence-corrected chi connectivity index (χ0v) is 11.0. The summed E-state index contributed by atoms with van der Waals surface area (Å²) in [6.07, 6.45) is 0. The number of urea groups is 1. The van der Waals surface area contributed by atoms with E-state index in [4.69, 9.17) is 9.57 Å². The van der Waals surface area contributed by atoms with Crippen molar-refractivity contribution >= 4 is 23.9 Å². The largest absolute Gasteiger partial charge is 0.463 e. The van der Waals surface area contributed by atoms with Crippen molar-refractivity contribution in [3.63, 3.8) is 0 Å². The zero-order valence-electron chi connectivity index (χ0n) is 11.0. The van der Waals surface area contributed by atoms with Crippen LogP contribution in [0.2, 0.25) is 0 Å². The molecule has 19 heavy (non-hydrogen) atoms. The van der Waals surface area contributed by atoms with Crippen molar-refractivity contribution in [1.82, 2.24) is 14.7 Å². The molecule has 2 aliphatic rings. The smallest absolute Gasteiger partial charge is 0.371 e. The van der Waals surface area contributed by atoms with E-state index in [0.29, 0.717) is 6.61 Å². The Kier molecular flexibility index (Phi) is 2.84. The number of hydrogen-bond acceptors (Lipinski definition) is 7. The van der Waals surface area contributed by atoms with Crippen LogP contribution in [0.5, 0.6) is 0 Å². The van der Waals surface area contributed by atoms with Crippen molar-refractivity contribution < 1.29 is 24.0 Å². The minimum absolute atomic E-state index is 0.0142. The van der Waals surface area contributed by atoms with Crippen molar-refractivity contribution in [1.29, 1.82) is 0 Å². The van der Waals surface area contributed by atoms with Gasteiger partial charge in [-0.25, -0.2) is 4.79 Å². The molecule has 4 amide bonds. The number of hydrogen-bond donors (Lipinski definition) is 0. The normalized spacial score (nSPS) is 22.0. The Balaban J connectivity index is 2.41. The lowest BCUT2D eigenvalue weighted by Gasteiger charge is -2.40. The highest BCUT2D eigenvalue weighted by Gasteiger charge is 2.65. The molecule has 9 heteroatoms. The van der Waals surface area contributed by atoms with Gasteiger partial charge in [0.2, 0.25) is 0 Å². The highest BCUT2D eigenvalue weighted by atomic mass is 16.7. The summed E-state index contributed by atoms with van der Waals surface area (Å²) >= 11 is 0. The third-order valence-corrected chi connectivity index (χ3v) is 3.05. The molecule has 0 aromatic rings. The summed E-state index contributed by atoms with van der Waals surface area (Å²) in [5.41, 5.74) is -2.00. The number of amides is 4. The molecule has 0 bridgehead atoms. The van der Waals surface area contributed by atoms with E-state index in [1.165, 1.54) is 26.0 Å². The van der Waals surface area contributed by atoms with Crippen molar-refractivity contribution in [2.75, 3.05) is 27.7 Å². The van der Waals surface area contributed by atoms with E-state index in [9.17, 15) is 14.4 Å². The number of carbonyl (C=O) groups is 3. The Morgan fingerprint density at radius 3 is 2.16 bits per heavy atom. The quantitative estimate of drug-likeness (QED) is 0.568. The molecule has 0 aromatic carbocycles. The van der Waals surface area contributed by atoms with Gasteiger partial charge in [-0.2, -0.15) is 0 Å². The van der Waals surface area contributed by atoms with Gasteiger partial charge in [-0.3, -0.25) is 24.3 Å². The Bertz CT molecular complexity index is 464. The average Bonchev–Trinajstić information content (AvgIpc) is 2.72. The van der Waals surface area contributed by atoms with Gasteiger partial charge in [0, 0.05) is 21.1 Å². The summed E-state index contributed by atoms with van der Waals surface area (Å²) in [7, 11) is 3.98. The topological polar surface area (TPSA) is 91.7 Å². The molecular weight excluding hydrogens is 256 g/mol. The average molecular weight is 270 g/mol. The van der Waals surface area contributed by atoms with Crippen molar-refractivity contribution in [2.45, 2.75) is 12.6 Å². The molecule has 2 heterocycles. The van der Waals surface area contributed by atoms with Gasteiger partial charge in [-0.1, -0.05) is 0 Å². The van der Waals surface area contributed by atoms with Gasteiger partial charge < -0.3 is 9.57 Å². The molecule has 2 aliphatic heterocycles. The number of nitrogens with zero attached hydrogens (tertiary/aromatic N) is 4. The fourth-order valence-electron chi connectivity index (χ4n) is 1.92. The first-order valence-corrected chi connectivity index (χ1v) is 5.61. The first-order valence-electron chi connectivity index (χ1n) is 5.61. The SMILES string of the molecule is CCOC1=NOC2(C(=O)N(C)C(=O)N(C)C2=O)N1C. The summed E-state index contributed by atoms with van der Waals surface area (Å²) in [5, 5.41) is 3.59. The summed E-state index contributed by atoms with van der Waals surface area (Å²) < 4.78 is 5.16. The second-order valence-electron chi connectivity index (χ2n) is 4.11. The highest BCUT2D eigenvalue weighted by molar-refractivity contribution is 6.22. The van der Waals surface area contributed by atoms with Crippen molar-refractivity contribution in [3.8, 4) is 0 Å². The first-order chi connectivity index (χ1) is 8.87. The van der Waals surface area contributed by atoms with Crippen LogP contribution < -0.4 is 0 Å². The van der Waals surface area contributed by atoms with Crippen LogP contribution in [-0.2, 0) is 19.2 Å². The third-order valence-electron chi connectivity index (χ3n) is 3.05. The maximum Gasteiger partial charge on any atom is 0.371 e. The number of carbonyl (C=O) groups excluding carboxylic acids is 3. The maximum absolute atomic E-state index is 12.2. The molecule has 1 spiro atoms. The molecule has 0 N–H and O–H groups in total. The molecule has 0 radical (unpaired) electrons. The fraction of sp³-hybridized carbons (Fsp3) is 0.600. The first kappa shape index (κ1) is 13.1. The van der Waals surface area contributed by atoms with Gasteiger partial charge in [0.1, 0.15) is 0 Å². The van der Waals surface area contributed by atoms with Gasteiger partial charge in [0.25, 0.3) is 0 Å². The maximum atomic E-state index is 12.2. The van der Waals surface area contributed by atoms with Crippen LogP contribution in [0.4, 0.5) is 4.79 Å². The number of ether oxygens (including phenoxy) is 1. The van der Waals surface area contributed by atoms with E-state index in [0.717, 1.165) is 9.80 Å². The summed E-state index contributed by atoms with van der Waals surface area (Å²) in [6, 6.07) is -0.706. The number of barbiturate groups is 1. The Labute approximate surface area is 109 Å².